The molecule has 2 N–H and O–H groups in total. The van der Waals surface area contributed by atoms with Crippen molar-refractivity contribution < 1.29 is 28.8 Å². The summed E-state index contributed by atoms with van der Waals surface area (Å²) < 4.78 is 12.0. The summed E-state index contributed by atoms with van der Waals surface area (Å²) in [6.45, 7) is 0.319. The smallest absolute Gasteiger partial charge is 0.199 e. The normalized spacial score (nSPS) is 12.1. The number of aliphatic hydroxyl groups is 2. The Kier molecular flexibility index (Phi) is 28.5. The molecule has 0 aliphatic heterocycles. The van der Waals surface area contributed by atoms with Crippen molar-refractivity contribution in [2.24, 2.45) is 0 Å². The molecule has 0 aromatic rings. The van der Waals surface area contributed by atoms with Gasteiger partial charge >= 0.3 is 0 Å². The number of thioether (sulfide) groups is 8. The van der Waals surface area contributed by atoms with Crippen LogP contribution >= 0.6 is 94.1 Å². The Morgan fingerprint density at radius 3 is 1.64 bits per heavy atom. The van der Waals surface area contributed by atoms with Crippen molar-refractivity contribution in [1.29, 1.82) is 0 Å². The molecule has 0 saturated heterocycles. The summed E-state index contributed by atoms with van der Waals surface area (Å²) in [5.41, 5.74) is 0. The predicted octanol–water partition coefficient (Wildman–Crippen LogP) is 3.08. The maximum atomic E-state index is 12.0. The Bertz CT molecular complexity index is 553. The van der Waals surface area contributed by atoms with Crippen molar-refractivity contribution in [1.82, 2.24) is 0 Å². The van der Waals surface area contributed by atoms with E-state index in [1.807, 2.05) is 0 Å². The van der Waals surface area contributed by atoms with Gasteiger partial charge in [0, 0.05) is 61.9 Å². The number of hydrogen-bond acceptors (Lipinski definition) is 14. The summed E-state index contributed by atoms with van der Waals surface area (Å²) in [7, 11) is -0.972. The summed E-state index contributed by atoms with van der Waals surface area (Å²) >= 11 is 11.3. The van der Waals surface area contributed by atoms with E-state index in [9.17, 15) is 18.6 Å². The third-order valence-electron chi connectivity index (χ3n) is 3.09. The van der Waals surface area contributed by atoms with Crippen LogP contribution in [0.3, 0.4) is 0 Å². The molecular formula is C18H32O6S9. The lowest BCUT2D eigenvalue weighted by molar-refractivity contribution is -0.109. The molecule has 0 radical (unpaired) electrons. The first-order valence-corrected chi connectivity index (χ1v) is 20.1. The average Bonchev–Trinajstić information content (AvgIpc) is 2.79. The van der Waals surface area contributed by atoms with E-state index in [2.05, 4.69) is 0 Å². The van der Waals surface area contributed by atoms with Crippen molar-refractivity contribution in [2.75, 3.05) is 86.7 Å². The highest BCUT2D eigenvalue weighted by atomic mass is 32.2. The van der Waals surface area contributed by atoms with E-state index in [1.165, 1.54) is 70.6 Å². The minimum atomic E-state index is -0.972. The van der Waals surface area contributed by atoms with Crippen molar-refractivity contribution >= 4 is 120 Å². The molecule has 1 unspecified atom stereocenters. The number of carbonyl (C=O) groups excluding carboxylic acids is 3. The van der Waals surface area contributed by atoms with Crippen LogP contribution in [0, 0.1) is 0 Å². The fraction of sp³-hybridized carbons (Fsp3) is 0.833. The first-order chi connectivity index (χ1) is 16.0. The third-order valence-corrected chi connectivity index (χ3v) is 14.0. The molecule has 33 heavy (non-hydrogen) atoms. The van der Waals surface area contributed by atoms with Crippen LogP contribution in [0.5, 0.6) is 0 Å². The molecule has 0 bridgehead atoms. The second-order valence-corrected chi connectivity index (χ2v) is 16.9. The number of aliphatic hydroxyl groups excluding tert-OH is 2. The minimum absolute atomic E-state index is 0.0240. The van der Waals surface area contributed by atoms with Crippen LogP contribution in [0.25, 0.3) is 0 Å². The quantitative estimate of drug-likeness (QED) is 0.127. The van der Waals surface area contributed by atoms with E-state index in [0.717, 1.165) is 23.0 Å². The van der Waals surface area contributed by atoms with Crippen LogP contribution in [-0.4, -0.2) is 116 Å². The van der Waals surface area contributed by atoms with Gasteiger partial charge in [-0.15, -0.1) is 23.5 Å². The van der Waals surface area contributed by atoms with Crippen molar-refractivity contribution in [3.63, 3.8) is 0 Å². The van der Waals surface area contributed by atoms with Gasteiger partial charge in [0.05, 0.1) is 35.6 Å². The number of carbonyl (C=O) groups is 3. The highest BCUT2D eigenvalue weighted by Crippen LogP contribution is 2.18. The van der Waals surface area contributed by atoms with Crippen LogP contribution in [0.1, 0.15) is 0 Å². The van der Waals surface area contributed by atoms with E-state index < -0.39 is 10.8 Å². The topological polar surface area (TPSA) is 109 Å². The van der Waals surface area contributed by atoms with Crippen LogP contribution < -0.4 is 0 Å². The molecule has 0 amide bonds. The molecular weight excluding hydrogens is 601 g/mol. The third kappa shape index (κ3) is 26.7. The van der Waals surface area contributed by atoms with Crippen LogP contribution in [0.2, 0.25) is 0 Å². The van der Waals surface area contributed by atoms with E-state index in [1.54, 1.807) is 23.5 Å². The van der Waals surface area contributed by atoms with E-state index in [4.69, 9.17) is 10.2 Å². The van der Waals surface area contributed by atoms with E-state index >= 15 is 0 Å². The van der Waals surface area contributed by atoms with Gasteiger partial charge in [0.15, 0.2) is 15.3 Å². The molecule has 0 aliphatic rings. The molecule has 0 aliphatic carbocycles. The maximum absolute atomic E-state index is 12.0. The molecule has 0 aromatic carbocycles. The van der Waals surface area contributed by atoms with Crippen LogP contribution in [0.4, 0.5) is 0 Å². The van der Waals surface area contributed by atoms with Gasteiger partial charge in [0.2, 0.25) is 0 Å². The van der Waals surface area contributed by atoms with Crippen LogP contribution in [0.15, 0.2) is 0 Å². The van der Waals surface area contributed by atoms with Crippen molar-refractivity contribution in [3.8, 4) is 0 Å². The first kappa shape index (κ1) is 34.9. The number of rotatable bonds is 23. The molecule has 0 rings (SSSR count). The lowest BCUT2D eigenvalue weighted by atomic mass is 10.9. The lowest BCUT2D eigenvalue weighted by Gasteiger charge is -2.04. The zero-order chi connectivity index (χ0) is 24.6. The maximum Gasteiger partial charge on any atom is 0.199 e. The van der Waals surface area contributed by atoms with Gasteiger partial charge in [0.1, 0.15) is 0 Å². The standard InChI is InChI=1S/C18H32O6S9/c19-1-3-25-5-7-30-16(21)11-27-9-10-33(24)15-29-14-32-18(23)13-28-12-17(22)31-8-6-26-4-2-20/h19-20H,1-15H2. The predicted molar refractivity (Wildman–Crippen MR) is 161 cm³/mol. The Morgan fingerprint density at radius 2 is 1.09 bits per heavy atom. The van der Waals surface area contributed by atoms with Crippen molar-refractivity contribution in [3.05, 3.63) is 0 Å². The highest BCUT2D eigenvalue weighted by Gasteiger charge is 2.09. The Balaban J connectivity index is 3.51. The largest absolute Gasteiger partial charge is 0.396 e. The van der Waals surface area contributed by atoms with E-state index in [0.29, 0.717) is 50.4 Å². The SMILES string of the molecule is O=C(CSCCS(=O)CSCSC(=O)CSCC(=O)SCCSCCO)SCCSCCO. The molecule has 1 atom stereocenters. The fourth-order valence-electron chi connectivity index (χ4n) is 1.71. The van der Waals surface area contributed by atoms with Gasteiger partial charge in [-0.25, -0.2) is 0 Å². The summed E-state index contributed by atoms with van der Waals surface area (Å²) in [4.78, 5) is 35.3. The van der Waals surface area contributed by atoms with Gasteiger partial charge in [-0.2, -0.15) is 35.3 Å². The van der Waals surface area contributed by atoms with Gasteiger partial charge in [0.25, 0.3) is 0 Å². The molecule has 0 saturated carbocycles. The number of hydrogen-bond donors (Lipinski definition) is 2. The lowest BCUT2D eigenvalue weighted by Crippen LogP contribution is -2.06. The van der Waals surface area contributed by atoms with Gasteiger partial charge in [-0.1, -0.05) is 35.3 Å². The van der Waals surface area contributed by atoms with E-state index in [-0.39, 0.29) is 28.6 Å². The molecule has 0 heterocycles. The zero-order valence-electron chi connectivity index (χ0n) is 18.3. The second kappa shape index (κ2) is 26.9. The van der Waals surface area contributed by atoms with Crippen LogP contribution in [-0.2, 0) is 25.2 Å². The Morgan fingerprint density at radius 1 is 0.576 bits per heavy atom. The summed E-state index contributed by atoms with van der Waals surface area (Å²) in [6.07, 6.45) is 0. The molecule has 0 fully saturated rings. The summed E-state index contributed by atoms with van der Waals surface area (Å²) in [6, 6.07) is 0. The van der Waals surface area contributed by atoms with Crippen molar-refractivity contribution in [2.45, 2.75) is 0 Å². The fourth-order valence-corrected chi connectivity index (χ4v) is 11.1. The molecule has 6 nitrogen and oxygen atoms in total. The zero-order valence-corrected chi connectivity index (χ0v) is 25.7. The monoisotopic (exact) mass is 632 g/mol. The second-order valence-electron chi connectivity index (χ2n) is 5.76. The molecule has 194 valence electrons. The van der Waals surface area contributed by atoms with Gasteiger partial charge in [-0.3, -0.25) is 18.6 Å². The summed E-state index contributed by atoms with van der Waals surface area (Å²) in [5, 5.41) is 18.6. The molecule has 15 heteroatoms. The highest BCUT2D eigenvalue weighted by molar-refractivity contribution is 8.27. The Hall–Kier alpha value is 1.88. The Labute approximate surface area is 233 Å². The summed E-state index contributed by atoms with van der Waals surface area (Å²) in [5.74, 6) is 6.79. The average molecular weight is 633 g/mol. The molecule has 0 aromatic heterocycles. The molecule has 0 spiro atoms. The minimum Gasteiger partial charge on any atom is -0.396 e. The van der Waals surface area contributed by atoms with Gasteiger partial charge in [-0.05, 0) is 0 Å². The van der Waals surface area contributed by atoms with Gasteiger partial charge < -0.3 is 10.2 Å². The first-order valence-electron chi connectivity index (χ1n) is 9.91.